The molecule has 1 heteroatoms. The van der Waals surface area contributed by atoms with Gasteiger partial charge in [0.2, 0.25) is 0 Å². The van der Waals surface area contributed by atoms with Crippen molar-refractivity contribution in [3.05, 3.63) is 34.4 Å². The number of hydrogen-bond donors (Lipinski definition) is 0. The van der Waals surface area contributed by atoms with Gasteiger partial charge in [0.25, 0.3) is 0 Å². The van der Waals surface area contributed by atoms with Gasteiger partial charge in [-0.1, -0.05) is 12.1 Å². The van der Waals surface area contributed by atoms with Crippen molar-refractivity contribution in [3.8, 4) is 0 Å². The van der Waals surface area contributed by atoms with Crippen molar-refractivity contribution in [3.63, 3.8) is 0 Å². The fourth-order valence-corrected chi connectivity index (χ4v) is 1.99. The van der Waals surface area contributed by atoms with Crippen molar-refractivity contribution >= 4 is 5.78 Å². The molecular formula is C10H8O. The standard InChI is InChI=1S/C10H8O/c11-9-5-7-2-1-6-3-4-8(6)10(7)9/h1-2H,3-5H2. The molecule has 0 heterocycles. The van der Waals surface area contributed by atoms with Crippen molar-refractivity contribution in [2.24, 2.45) is 0 Å². The number of ketones is 1. The first-order valence-electron chi connectivity index (χ1n) is 4.03. The fraction of sp³-hybridized carbons (Fsp3) is 0.300. The van der Waals surface area contributed by atoms with E-state index in [4.69, 9.17) is 0 Å². The summed E-state index contributed by atoms with van der Waals surface area (Å²) in [6.45, 7) is 0. The van der Waals surface area contributed by atoms with Crippen LogP contribution in [0, 0.1) is 0 Å². The van der Waals surface area contributed by atoms with E-state index in [1.807, 2.05) is 0 Å². The molecule has 0 unspecified atom stereocenters. The molecule has 0 spiro atoms. The van der Waals surface area contributed by atoms with Crippen LogP contribution in [0.1, 0.15) is 27.0 Å². The summed E-state index contributed by atoms with van der Waals surface area (Å²) in [5, 5.41) is 0. The first-order chi connectivity index (χ1) is 5.36. The van der Waals surface area contributed by atoms with Crippen LogP contribution in [-0.2, 0) is 19.3 Å². The van der Waals surface area contributed by atoms with Crippen molar-refractivity contribution < 1.29 is 4.79 Å². The van der Waals surface area contributed by atoms with E-state index in [2.05, 4.69) is 12.1 Å². The number of Topliss-reactive ketones (excluding diaryl/α,β-unsaturated/α-hetero) is 1. The number of rotatable bonds is 0. The summed E-state index contributed by atoms with van der Waals surface area (Å²) in [6.07, 6.45) is 2.99. The number of benzene rings is 1. The van der Waals surface area contributed by atoms with Gasteiger partial charge in [0.05, 0.1) is 0 Å². The lowest BCUT2D eigenvalue weighted by molar-refractivity contribution is 0.0966. The minimum Gasteiger partial charge on any atom is -0.294 e. The summed E-state index contributed by atoms with van der Waals surface area (Å²) in [6, 6.07) is 4.28. The Morgan fingerprint density at radius 3 is 2.45 bits per heavy atom. The molecule has 1 aromatic carbocycles. The molecule has 3 rings (SSSR count). The van der Waals surface area contributed by atoms with Crippen LogP contribution in [0.2, 0.25) is 0 Å². The van der Waals surface area contributed by atoms with Crippen LogP contribution in [0.25, 0.3) is 0 Å². The van der Waals surface area contributed by atoms with Gasteiger partial charge in [-0.25, -0.2) is 0 Å². The maximum Gasteiger partial charge on any atom is 0.167 e. The quantitative estimate of drug-likeness (QED) is 0.539. The molecule has 1 aromatic rings. The molecule has 0 bridgehead atoms. The van der Waals surface area contributed by atoms with E-state index in [1.165, 1.54) is 23.1 Å². The molecule has 2 aliphatic rings. The van der Waals surface area contributed by atoms with Gasteiger partial charge in [0, 0.05) is 12.0 Å². The fourth-order valence-electron chi connectivity index (χ4n) is 1.99. The van der Waals surface area contributed by atoms with E-state index in [1.54, 1.807) is 0 Å². The van der Waals surface area contributed by atoms with E-state index >= 15 is 0 Å². The van der Waals surface area contributed by atoms with E-state index < -0.39 is 0 Å². The molecule has 0 amide bonds. The molecule has 0 aliphatic heterocycles. The van der Waals surface area contributed by atoms with Crippen molar-refractivity contribution in [1.82, 2.24) is 0 Å². The zero-order chi connectivity index (χ0) is 7.42. The normalized spacial score (nSPS) is 18.0. The number of carbonyl (C=O) groups is 1. The van der Waals surface area contributed by atoms with E-state index in [0.717, 1.165) is 12.0 Å². The Kier molecular flexibility index (Phi) is 0.780. The van der Waals surface area contributed by atoms with Gasteiger partial charge >= 0.3 is 0 Å². The molecule has 0 saturated heterocycles. The largest absolute Gasteiger partial charge is 0.294 e. The molecule has 0 fully saturated rings. The maximum absolute atomic E-state index is 11.1. The second-order valence-electron chi connectivity index (χ2n) is 3.34. The van der Waals surface area contributed by atoms with Crippen LogP contribution in [0.15, 0.2) is 12.1 Å². The highest BCUT2D eigenvalue weighted by Crippen LogP contribution is 2.34. The van der Waals surface area contributed by atoms with Gasteiger partial charge < -0.3 is 0 Å². The molecule has 0 atom stereocenters. The van der Waals surface area contributed by atoms with Gasteiger partial charge in [-0.05, 0) is 29.5 Å². The summed E-state index contributed by atoms with van der Waals surface area (Å²) in [5.74, 6) is 0.358. The third kappa shape index (κ3) is 0.506. The molecule has 0 radical (unpaired) electrons. The van der Waals surface area contributed by atoms with Crippen LogP contribution in [0.3, 0.4) is 0 Å². The molecule has 54 valence electrons. The van der Waals surface area contributed by atoms with Gasteiger partial charge in [-0.2, -0.15) is 0 Å². The highest BCUT2D eigenvalue weighted by atomic mass is 16.1. The Labute approximate surface area is 65.0 Å². The number of hydrogen-bond acceptors (Lipinski definition) is 1. The number of aryl methyl sites for hydroxylation is 1. The smallest absolute Gasteiger partial charge is 0.167 e. The van der Waals surface area contributed by atoms with E-state index in [-0.39, 0.29) is 0 Å². The monoisotopic (exact) mass is 144 g/mol. The summed E-state index contributed by atoms with van der Waals surface area (Å²) in [4.78, 5) is 11.1. The average Bonchev–Trinajstić information content (AvgIpc) is 1.94. The van der Waals surface area contributed by atoms with Crippen LogP contribution in [-0.4, -0.2) is 5.78 Å². The molecule has 0 aromatic heterocycles. The molecule has 2 aliphatic carbocycles. The number of carbonyl (C=O) groups excluding carboxylic acids is 1. The Bertz CT molecular complexity index is 363. The summed E-state index contributed by atoms with van der Waals surface area (Å²) in [7, 11) is 0. The van der Waals surface area contributed by atoms with Crippen LogP contribution < -0.4 is 0 Å². The molecular weight excluding hydrogens is 136 g/mol. The Hall–Kier alpha value is -1.11. The van der Waals surface area contributed by atoms with Crippen molar-refractivity contribution in [2.45, 2.75) is 19.3 Å². The van der Waals surface area contributed by atoms with Crippen LogP contribution in [0.4, 0.5) is 0 Å². The topological polar surface area (TPSA) is 17.1 Å². The molecule has 0 N–H and O–H groups in total. The SMILES string of the molecule is O=C1Cc2ccc3c(c21)CC3. The van der Waals surface area contributed by atoms with Gasteiger partial charge in [-0.3, -0.25) is 4.79 Å². The lowest BCUT2D eigenvalue weighted by atomic mass is 9.74. The lowest BCUT2D eigenvalue weighted by Gasteiger charge is -2.28. The van der Waals surface area contributed by atoms with E-state index in [9.17, 15) is 4.79 Å². The zero-order valence-corrected chi connectivity index (χ0v) is 6.18. The minimum absolute atomic E-state index is 0.358. The third-order valence-electron chi connectivity index (χ3n) is 2.77. The molecule has 11 heavy (non-hydrogen) atoms. The highest BCUT2D eigenvalue weighted by Gasteiger charge is 2.30. The second-order valence-corrected chi connectivity index (χ2v) is 3.34. The number of fused-ring (bicyclic) bond motifs is 3. The van der Waals surface area contributed by atoms with Gasteiger partial charge in [0.15, 0.2) is 5.78 Å². The van der Waals surface area contributed by atoms with Gasteiger partial charge in [-0.15, -0.1) is 0 Å². The minimum atomic E-state index is 0.358. The zero-order valence-electron chi connectivity index (χ0n) is 6.18. The average molecular weight is 144 g/mol. The Morgan fingerprint density at radius 2 is 1.91 bits per heavy atom. The Morgan fingerprint density at radius 1 is 1.09 bits per heavy atom. The van der Waals surface area contributed by atoms with Crippen molar-refractivity contribution in [2.75, 3.05) is 0 Å². The Balaban J connectivity index is 2.35. The first-order valence-corrected chi connectivity index (χ1v) is 4.03. The molecule has 0 saturated carbocycles. The van der Waals surface area contributed by atoms with Gasteiger partial charge in [0.1, 0.15) is 0 Å². The lowest BCUT2D eigenvalue weighted by Crippen LogP contribution is -2.26. The third-order valence-corrected chi connectivity index (χ3v) is 2.77. The second kappa shape index (κ2) is 1.55. The predicted molar refractivity (Wildman–Crippen MR) is 41.9 cm³/mol. The highest BCUT2D eigenvalue weighted by molar-refractivity contribution is 6.08. The summed E-state index contributed by atoms with van der Waals surface area (Å²) < 4.78 is 0. The van der Waals surface area contributed by atoms with E-state index in [0.29, 0.717) is 12.2 Å². The molecule has 1 nitrogen and oxygen atoms in total. The van der Waals surface area contributed by atoms with Crippen molar-refractivity contribution in [1.29, 1.82) is 0 Å². The summed E-state index contributed by atoms with van der Waals surface area (Å²) >= 11 is 0. The summed E-state index contributed by atoms with van der Waals surface area (Å²) in [5.41, 5.74) is 5.08. The van der Waals surface area contributed by atoms with Crippen LogP contribution >= 0.6 is 0 Å². The first kappa shape index (κ1) is 5.53. The van der Waals surface area contributed by atoms with Crippen LogP contribution in [0.5, 0.6) is 0 Å². The predicted octanol–water partition coefficient (Wildman–Crippen LogP) is 1.52. The maximum atomic E-state index is 11.1.